The van der Waals surface area contributed by atoms with Gasteiger partial charge in [-0.15, -0.1) is 0 Å². The highest BCUT2D eigenvalue weighted by Crippen LogP contribution is 2.31. The average molecular weight is 251 g/mol. The second-order valence-electron chi connectivity index (χ2n) is 5.53. The maximum atomic E-state index is 3.58. The minimum absolute atomic E-state index is 0.659. The first-order valence-electron chi connectivity index (χ1n) is 7.21. The Labute approximate surface area is 115 Å². The zero-order chi connectivity index (χ0) is 13.1. The van der Waals surface area contributed by atoms with Crippen LogP contribution in [0.1, 0.15) is 35.4 Å². The van der Waals surface area contributed by atoms with Crippen molar-refractivity contribution < 1.29 is 0 Å². The summed E-state index contributed by atoms with van der Waals surface area (Å²) in [7, 11) is 0. The molecule has 1 aliphatic carbocycles. The summed E-state index contributed by atoms with van der Waals surface area (Å²) in [5.41, 5.74) is 5.64. The largest absolute Gasteiger partial charge is 0.384 e. The molecule has 0 saturated heterocycles. The molecule has 0 aromatic heterocycles. The van der Waals surface area contributed by atoms with Crippen LogP contribution in [0.4, 0.5) is 5.69 Å². The summed E-state index contributed by atoms with van der Waals surface area (Å²) < 4.78 is 0. The molecule has 0 amide bonds. The molecule has 2 aromatic rings. The molecule has 0 spiro atoms. The fourth-order valence-corrected chi connectivity index (χ4v) is 2.98. The number of nitrogens with one attached hydrogen (secondary N) is 1. The van der Waals surface area contributed by atoms with Crippen LogP contribution in [0.15, 0.2) is 48.5 Å². The number of benzene rings is 2. The summed E-state index contributed by atoms with van der Waals surface area (Å²) >= 11 is 0. The fraction of sp³-hybridized carbons (Fsp3) is 0.333. The lowest BCUT2D eigenvalue weighted by molar-refractivity contribution is 0.572. The van der Waals surface area contributed by atoms with Crippen molar-refractivity contribution in [3.05, 3.63) is 65.2 Å². The molecule has 3 rings (SSSR count). The highest BCUT2D eigenvalue weighted by molar-refractivity contribution is 5.45. The fourth-order valence-electron chi connectivity index (χ4n) is 2.98. The summed E-state index contributed by atoms with van der Waals surface area (Å²) in [6.45, 7) is 3.17. The van der Waals surface area contributed by atoms with Crippen molar-refractivity contribution in [1.29, 1.82) is 0 Å². The molecule has 19 heavy (non-hydrogen) atoms. The topological polar surface area (TPSA) is 12.0 Å². The van der Waals surface area contributed by atoms with E-state index in [9.17, 15) is 0 Å². The van der Waals surface area contributed by atoms with Crippen LogP contribution in [-0.2, 0) is 6.42 Å². The quantitative estimate of drug-likeness (QED) is 0.845. The zero-order valence-electron chi connectivity index (χ0n) is 11.5. The second-order valence-corrected chi connectivity index (χ2v) is 5.53. The van der Waals surface area contributed by atoms with Crippen molar-refractivity contribution in [2.75, 3.05) is 11.9 Å². The van der Waals surface area contributed by atoms with Gasteiger partial charge in [0.25, 0.3) is 0 Å². The van der Waals surface area contributed by atoms with Crippen molar-refractivity contribution in [2.45, 2.75) is 32.1 Å². The van der Waals surface area contributed by atoms with E-state index in [1.54, 1.807) is 11.1 Å². The number of anilines is 1. The molecule has 1 nitrogen and oxygen atoms in total. The molecule has 98 valence electrons. The molecule has 1 unspecified atom stereocenters. The maximum absolute atomic E-state index is 3.58. The molecule has 1 heteroatoms. The number of hydrogen-bond donors (Lipinski definition) is 1. The van der Waals surface area contributed by atoms with Crippen LogP contribution in [-0.4, -0.2) is 6.54 Å². The van der Waals surface area contributed by atoms with Gasteiger partial charge in [-0.2, -0.15) is 0 Å². The van der Waals surface area contributed by atoms with Crippen molar-refractivity contribution >= 4 is 5.69 Å². The van der Waals surface area contributed by atoms with Gasteiger partial charge in [0, 0.05) is 18.2 Å². The Morgan fingerprint density at radius 2 is 1.84 bits per heavy atom. The third-order valence-corrected chi connectivity index (χ3v) is 4.10. The maximum Gasteiger partial charge on any atom is 0.0340 e. The van der Waals surface area contributed by atoms with Gasteiger partial charge in [0.1, 0.15) is 0 Å². The van der Waals surface area contributed by atoms with Gasteiger partial charge in [-0.3, -0.25) is 0 Å². The SMILES string of the molecule is Cc1ccc(NCC2CCCc3ccccc32)cc1. The minimum atomic E-state index is 0.659. The van der Waals surface area contributed by atoms with Crippen molar-refractivity contribution in [1.82, 2.24) is 0 Å². The summed E-state index contributed by atoms with van der Waals surface area (Å²) in [5, 5.41) is 3.58. The van der Waals surface area contributed by atoms with E-state index >= 15 is 0 Å². The Balaban J connectivity index is 1.69. The van der Waals surface area contributed by atoms with Gasteiger partial charge in [-0.05, 0) is 49.4 Å². The first kappa shape index (κ1) is 12.3. The van der Waals surface area contributed by atoms with Gasteiger partial charge in [0.2, 0.25) is 0 Å². The van der Waals surface area contributed by atoms with Crippen LogP contribution >= 0.6 is 0 Å². The highest BCUT2D eigenvalue weighted by atomic mass is 14.9. The van der Waals surface area contributed by atoms with Gasteiger partial charge in [0.15, 0.2) is 0 Å². The van der Waals surface area contributed by atoms with Crippen LogP contribution in [0.5, 0.6) is 0 Å². The molecule has 1 aliphatic rings. The van der Waals surface area contributed by atoms with E-state index in [0.717, 1.165) is 6.54 Å². The molecular formula is C18H21N. The number of rotatable bonds is 3. The summed E-state index contributed by atoms with van der Waals surface area (Å²) in [5.74, 6) is 0.659. The summed E-state index contributed by atoms with van der Waals surface area (Å²) in [6.07, 6.45) is 3.87. The van der Waals surface area contributed by atoms with Crippen molar-refractivity contribution in [2.24, 2.45) is 0 Å². The standard InChI is InChI=1S/C18H21N/c1-14-9-11-17(12-10-14)19-13-16-7-4-6-15-5-2-3-8-18(15)16/h2-3,5,8-12,16,19H,4,6-7,13H2,1H3. The van der Waals surface area contributed by atoms with E-state index in [0.29, 0.717) is 5.92 Å². The lowest BCUT2D eigenvalue weighted by Gasteiger charge is -2.26. The van der Waals surface area contributed by atoms with Gasteiger partial charge in [-0.1, -0.05) is 42.0 Å². The van der Waals surface area contributed by atoms with Crippen molar-refractivity contribution in [3.63, 3.8) is 0 Å². The van der Waals surface area contributed by atoms with Gasteiger partial charge >= 0.3 is 0 Å². The van der Waals surface area contributed by atoms with E-state index in [1.165, 1.54) is 30.5 Å². The molecule has 2 aromatic carbocycles. The van der Waals surface area contributed by atoms with Gasteiger partial charge < -0.3 is 5.32 Å². The number of aryl methyl sites for hydroxylation is 2. The van der Waals surface area contributed by atoms with Crippen LogP contribution < -0.4 is 5.32 Å². The molecule has 0 fully saturated rings. The Kier molecular flexibility index (Phi) is 3.54. The first-order valence-corrected chi connectivity index (χ1v) is 7.21. The lowest BCUT2D eigenvalue weighted by Crippen LogP contribution is -2.18. The second kappa shape index (κ2) is 5.48. The molecule has 0 radical (unpaired) electrons. The Hall–Kier alpha value is -1.76. The van der Waals surface area contributed by atoms with E-state index in [2.05, 4.69) is 60.8 Å². The van der Waals surface area contributed by atoms with E-state index in [-0.39, 0.29) is 0 Å². The van der Waals surface area contributed by atoms with Gasteiger partial charge in [-0.25, -0.2) is 0 Å². The molecular weight excluding hydrogens is 230 g/mol. The summed E-state index contributed by atoms with van der Waals surface area (Å²) in [6, 6.07) is 17.6. The zero-order valence-corrected chi connectivity index (χ0v) is 11.5. The van der Waals surface area contributed by atoms with Crippen LogP contribution in [0.3, 0.4) is 0 Å². The highest BCUT2D eigenvalue weighted by Gasteiger charge is 2.19. The minimum Gasteiger partial charge on any atom is -0.384 e. The third-order valence-electron chi connectivity index (χ3n) is 4.10. The predicted octanol–water partition coefficient (Wildman–Crippen LogP) is 4.53. The van der Waals surface area contributed by atoms with E-state index < -0.39 is 0 Å². The summed E-state index contributed by atoms with van der Waals surface area (Å²) in [4.78, 5) is 0. The molecule has 1 atom stereocenters. The predicted molar refractivity (Wildman–Crippen MR) is 81.8 cm³/mol. The Bertz CT molecular complexity index is 542. The first-order chi connectivity index (χ1) is 9.33. The monoisotopic (exact) mass is 251 g/mol. The van der Waals surface area contributed by atoms with Crippen LogP contribution in [0.2, 0.25) is 0 Å². The number of hydrogen-bond acceptors (Lipinski definition) is 1. The smallest absolute Gasteiger partial charge is 0.0340 e. The van der Waals surface area contributed by atoms with E-state index in [4.69, 9.17) is 0 Å². The van der Waals surface area contributed by atoms with E-state index in [1.807, 2.05) is 0 Å². The Morgan fingerprint density at radius 1 is 1.05 bits per heavy atom. The Morgan fingerprint density at radius 3 is 2.68 bits per heavy atom. The molecule has 1 N–H and O–H groups in total. The third kappa shape index (κ3) is 2.81. The lowest BCUT2D eigenvalue weighted by atomic mass is 9.83. The van der Waals surface area contributed by atoms with Gasteiger partial charge in [0.05, 0.1) is 0 Å². The normalized spacial score (nSPS) is 17.8. The van der Waals surface area contributed by atoms with Crippen molar-refractivity contribution in [3.8, 4) is 0 Å². The molecule has 0 bridgehead atoms. The molecule has 0 aliphatic heterocycles. The van der Waals surface area contributed by atoms with Crippen LogP contribution in [0, 0.1) is 6.92 Å². The molecule has 0 heterocycles. The average Bonchev–Trinajstić information content (AvgIpc) is 2.47. The number of fused-ring (bicyclic) bond motifs is 1. The molecule has 0 saturated carbocycles. The van der Waals surface area contributed by atoms with Crippen LogP contribution in [0.25, 0.3) is 0 Å².